The third-order valence-electron chi connectivity index (χ3n) is 6.87. The number of hydrogen-bond acceptors (Lipinski definition) is 8. The number of benzene rings is 2. The van der Waals surface area contributed by atoms with E-state index in [-0.39, 0.29) is 30.4 Å². The third-order valence-corrected chi connectivity index (χ3v) is 8.17. The highest BCUT2D eigenvalue weighted by Gasteiger charge is 2.33. The molecule has 0 bridgehead atoms. The molecular formula is C30H30F3N3O6S. The Morgan fingerprint density at radius 1 is 0.953 bits per heavy atom. The van der Waals surface area contributed by atoms with Crippen LogP contribution >= 0.6 is 0 Å². The summed E-state index contributed by atoms with van der Waals surface area (Å²) < 4.78 is 87.2. The van der Waals surface area contributed by atoms with Crippen molar-refractivity contribution in [3.63, 3.8) is 0 Å². The predicted octanol–water partition coefficient (Wildman–Crippen LogP) is 5.79. The van der Waals surface area contributed by atoms with Crippen molar-refractivity contribution in [3.8, 4) is 34.1 Å². The minimum absolute atomic E-state index is 0.0368. The van der Waals surface area contributed by atoms with E-state index in [2.05, 4.69) is 9.72 Å². The second kappa shape index (κ2) is 12.0. The van der Waals surface area contributed by atoms with E-state index in [9.17, 15) is 21.6 Å². The second-order valence-electron chi connectivity index (χ2n) is 10.2. The van der Waals surface area contributed by atoms with E-state index in [1.54, 1.807) is 12.1 Å². The van der Waals surface area contributed by atoms with Gasteiger partial charge in [0.2, 0.25) is 0 Å². The molecule has 5 rings (SSSR count). The number of alkyl halides is 3. The lowest BCUT2D eigenvalue weighted by atomic mass is 10.1. The fourth-order valence-electron chi connectivity index (χ4n) is 4.99. The van der Waals surface area contributed by atoms with Crippen LogP contribution in [-0.2, 0) is 32.0 Å². The van der Waals surface area contributed by atoms with Crippen molar-refractivity contribution in [1.29, 1.82) is 0 Å². The van der Waals surface area contributed by atoms with Gasteiger partial charge in [-0.2, -0.15) is 8.42 Å². The van der Waals surface area contributed by atoms with Gasteiger partial charge in [-0.15, -0.1) is 13.2 Å². The number of hydrogen-bond donors (Lipinski definition) is 0. The first-order valence-corrected chi connectivity index (χ1v) is 14.8. The molecule has 228 valence electrons. The van der Waals surface area contributed by atoms with Crippen LogP contribution in [0.15, 0.2) is 59.5 Å². The Morgan fingerprint density at radius 2 is 1.65 bits per heavy atom. The zero-order valence-corrected chi connectivity index (χ0v) is 24.8. The maximum atomic E-state index is 13.0. The van der Waals surface area contributed by atoms with Crippen molar-refractivity contribution in [1.82, 2.24) is 14.5 Å². The van der Waals surface area contributed by atoms with E-state index in [4.69, 9.17) is 18.6 Å². The third kappa shape index (κ3) is 7.00. The lowest BCUT2D eigenvalue weighted by molar-refractivity contribution is -0.275. The second-order valence-corrected chi connectivity index (χ2v) is 11.8. The first-order chi connectivity index (χ1) is 20.3. The molecule has 0 aliphatic carbocycles. The topological polar surface area (TPSA) is 102 Å². The molecule has 1 atom stereocenters. The molecule has 0 unspecified atom stereocenters. The molecule has 0 N–H and O–H groups in total. The summed E-state index contributed by atoms with van der Waals surface area (Å²) in [5.74, 6) is -0.179. The molecule has 0 fully saturated rings. The van der Waals surface area contributed by atoms with Gasteiger partial charge in [-0.05, 0) is 63.2 Å². The Kier molecular flexibility index (Phi) is 8.50. The summed E-state index contributed by atoms with van der Waals surface area (Å²) in [6.07, 6.45) is -5.12. The van der Waals surface area contributed by atoms with Crippen molar-refractivity contribution < 1.29 is 40.0 Å². The van der Waals surface area contributed by atoms with E-state index in [1.807, 2.05) is 37.5 Å². The average Bonchev–Trinajstić information content (AvgIpc) is 3.15. The predicted molar refractivity (Wildman–Crippen MR) is 151 cm³/mol. The minimum atomic E-state index is -4.90. The normalized spacial score (nSPS) is 15.6. The molecule has 0 saturated heterocycles. The van der Waals surface area contributed by atoms with Crippen molar-refractivity contribution in [2.24, 2.45) is 0 Å². The maximum Gasteiger partial charge on any atom is 0.573 e. The maximum absolute atomic E-state index is 13.0. The molecule has 13 heteroatoms. The van der Waals surface area contributed by atoms with Crippen LogP contribution in [0.4, 0.5) is 13.2 Å². The Balaban J connectivity index is 1.53. The van der Waals surface area contributed by atoms with Crippen molar-refractivity contribution in [3.05, 3.63) is 77.2 Å². The lowest BCUT2D eigenvalue weighted by Crippen LogP contribution is -2.26. The van der Waals surface area contributed by atoms with Crippen LogP contribution in [0, 0.1) is 20.8 Å². The Morgan fingerprint density at radius 3 is 2.30 bits per heavy atom. The van der Waals surface area contributed by atoms with Crippen LogP contribution in [0.1, 0.15) is 22.6 Å². The Hall–Kier alpha value is -3.94. The van der Waals surface area contributed by atoms with Gasteiger partial charge in [0.15, 0.2) is 11.5 Å². The van der Waals surface area contributed by atoms with Gasteiger partial charge in [0.05, 0.1) is 37.5 Å². The van der Waals surface area contributed by atoms with Gasteiger partial charge in [0.1, 0.15) is 11.9 Å². The van der Waals surface area contributed by atoms with E-state index in [1.165, 1.54) is 37.4 Å². The van der Waals surface area contributed by atoms with Gasteiger partial charge in [-0.1, -0.05) is 17.7 Å². The largest absolute Gasteiger partial charge is 0.573 e. The van der Waals surface area contributed by atoms with Crippen LogP contribution in [-0.4, -0.2) is 55.7 Å². The number of imidazole rings is 1. The van der Waals surface area contributed by atoms with Crippen LogP contribution in [0.3, 0.4) is 0 Å². The summed E-state index contributed by atoms with van der Waals surface area (Å²) in [5.41, 5.74) is 5.28. The number of rotatable bonds is 8. The zero-order chi connectivity index (χ0) is 30.9. The molecule has 1 aliphatic rings. The van der Waals surface area contributed by atoms with Crippen molar-refractivity contribution in [2.75, 3.05) is 20.3 Å². The number of methoxy groups -OCH3 is 1. The lowest BCUT2D eigenvalue weighted by Gasteiger charge is -2.18. The number of ether oxygens (including phenoxy) is 3. The average molecular weight is 618 g/mol. The van der Waals surface area contributed by atoms with E-state index < -0.39 is 28.3 Å². The van der Waals surface area contributed by atoms with Gasteiger partial charge in [-0.25, -0.2) is 4.98 Å². The molecule has 0 radical (unpaired) electrons. The van der Waals surface area contributed by atoms with Crippen molar-refractivity contribution >= 4 is 10.1 Å². The molecule has 3 heterocycles. The highest BCUT2D eigenvalue weighted by Crippen LogP contribution is 2.38. The van der Waals surface area contributed by atoms with Crippen LogP contribution < -0.4 is 9.47 Å². The van der Waals surface area contributed by atoms with E-state index in [0.717, 1.165) is 28.2 Å². The number of nitrogens with zero attached hydrogens (tertiary/aromatic N) is 3. The summed E-state index contributed by atoms with van der Waals surface area (Å²) in [4.78, 5) is 9.42. The van der Waals surface area contributed by atoms with E-state index >= 15 is 0 Å². The van der Waals surface area contributed by atoms with Gasteiger partial charge in [0, 0.05) is 34.6 Å². The molecule has 0 spiro atoms. The van der Waals surface area contributed by atoms with Gasteiger partial charge < -0.3 is 18.8 Å². The summed E-state index contributed by atoms with van der Waals surface area (Å²) >= 11 is 0. The quantitative estimate of drug-likeness (QED) is 0.229. The summed E-state index contributed by atoms with van der Waals surface area (Å²) in [7, 11) is -2.79. The number of aromatic nitrogens is 3. The summed E-state index contributed by atoms with van der Waals surface area (Å²) in [6, 6.07) is 14.2. The standard InChI is InChI=1S/C30H30F3N3O6S/c1-18-5-8-24(9-6-18)43(37,38)41-17-23-16-36-25(11-12-40-23)28(22-13-19(2)34-20(3)14-22)35-29(36)21-7-10-26(27(15-21)39-4)42-30(31,32)33/h5-10,13-15,23H,11-12,16-17H2,1-4H3/t23-/m0/s1. The first kappa shape index (κ1) is 30.5. The Bertz CT molecular complexity index is 1720. The highest BCUT2D eigenvalue weighted by molar-refractivity contribution is 7.86. The molecule has 2 aromatic heterocycles. The Labute approximate surface area is 247 Å². The monoisotopic (exact) mass is 617 g/mol. The van der Waals surface area contributed by atoms with E-state index in [0.29, 0.717) is 23.5 Å². The van der Waals surface area contributed by atoms with Crippen LogP contribution in [0.25, 0.3) is 22.6 Å². The molecule has 9 nitrogen and oxygen atoms in total. The van der Waals surface area contributed by atoms with Crippen LogP contribution in [0.5, 0.6) is 11.5 Å². The number of aryl methyl sites for hydroxylation is 3. The van der Waals surface area contributed by atoms with Gasteiger partial charge in [-0.3, -0.25) is 9.17 Å². The fourth-order valence-corrected chi connectivity index (χ4v) is 5.93. The molecule has 1 aliphatic heterocycles. The molecular weight excluding hydrogens is 587 g/mol. The molecule has 4 aromatic rings. The number of halogens is 3. The summed E-state index contributed by atoms with van der Waals surface area (Å²) in [5, 5.41) is 0. The molecule has 2 aromatic carbocycles. The smallest absolute Gasteiger partial charge is 0.493 e. The fraction of sp³-hybridized carbons (Fsp3) is 0.333. The van der Waals surface area contributed by atoms with Crippen molar-refractivity contribution in [2.45, 2.75) is 51.1 Å². The SMILES string of the molecule is COc1cc(-c2nc(-c3cc(C)nc(C)c3)c3n2C[C@@H](COS(=O)(=O)c2ccc(C)cc2)OCC3)ccc1OC(F)(F)F. The number of fused-ring (bicyclic) bond motifs is 1. The molecule has 43 heavy (non-hydrogen) atoms. The summed E-state index contributed by atoms with van der Waals surface area (Å²) in [6.45, 7) is 5.79. The highest BCUT2D eigenvalue weighted by atomic mass is 32.2. The zero-order valence-electron chi connectivity index (χ0n) is 23.9. The van der Waals surface area contributed by atoms with Gasteiger partial charge in [0.25, 0.3) is 10.1 Å². The first-order valence-electron chi connectivity index (χ1n) is 13.4. The minimum Gasteiger partial charge on any atom is -0.493 e. The van der Waals surface area contributed by atoms with Gasteiger partial charge >= 0.3 is 6.36 Å². The molecule has 0 amide bonds. The molecule has 0 saturated carbocycles. The van der Waals surface area contributed by atoms with Crippen LogP contribution in [0.2, 0.25) is 0 Å². The number of pyridine rings is 1.